The molecule has 0 atom stereocenters. The van der Waals surface area contributed by atoms with Crippen LogP contribution in [0.2, 0.25) is 0 Å². The van der Waals surface area contributed by atoms with Crippen LogP contribution in [-0.4, -0.2) is 36.6 Å². The van der Waals surface area contributed by atoms with Crippen molar-refractivity contribution in [2.45, 2.75) is 13.0 Å². The van der Waals surface area contributed by atoms with E-state index in [1.807, 2.05) is 30.5 Å². The van der Waals surface area contributed by atoms with Crippen LogP contribution in [0.5, 0.6) is 0 Å². The molecule has 1 N–H and O–H groups in total. The highest BCUT2D eigenvalue weighted by atomic mass is 16.3. The van der Waals surface area contributed by atoms with Gasteiger partial charge in [-0.15, -0.1) is 0 Å². The van der Waals surface area contributed by atoms with E-state index < -0.39 is 0 Å². The first-order chi connectivity index (χ1) is 9.34. The van der Waals surface area contributed by atoms with Crippen molar-refractivity contribution in [3.05, 3.63) is 54.2 Å². The number of furan rings is 1. The first kappa shape index (κ1) is 13.8. The molecule has 19 heavy (non-hydrogen) atoms. The number of hydrogen-bond donors (Lipinski definition) is 1. The van der Waals surface area contributed by atoms with Gasteiger partial charge in [0, 0.05) is 37.9 Å². The van der Waals surface area contributed by atoms with Gasteiger partial charge in [-0.3, -0.25) is 4.98 Å². The molecule has 0 saturated heterocycles. The Balaban J connectivity index is 1.56. The van der Waals surface area contributed by atoms with Crippen LogP contribution in [0.3, 0.4) is 0 Å². The molecule has 0 fully saturated rings. The van der Waals surface area contributed by atoms with Gasteiger partial charge in [-0.25, -0.2) is 0 Å². The Bertz CT molecular complexity index is 442. The average Bonchev–Trinajstić information content (AvgIpc) is 2.96. The first-order valence-corrected chi connectivity index (χ1v) is 6.66. The fourth-order valence-electron chi connectivity index (χ4n) is 1.86. The molecule has 0 aliphatic heterocycles. The summed E-state index contributed by atoms with van der Waals surface area (Å²) < 4.78 is 5.26. The lowest BCUT2D eigenvalue weighted by molar-refractivity contribution is 0.331. The van der Waals surface area contributed by atoms with Crippen molar-refractivity contribution < 1.29 is 4.42 Å². The molecule has 2 aromatic rings. The minimum absolute atomic E-state index is 0.793. The third-order valence-electron chi connectivity index (χ3n) is 3.03. The summed E-state index contributed by atoms with van der Waals surface area (Å²) in [5.41, 5.74) is 1.15. The van der Waals surface area contributed by atoms with E-state index >= 15 is 0 Å². The lowest BCUT2D eigenvalue weighted by Gasteiger charge is -2.16. The quantitative estimate of drug-likeness (QED) is 0.736. The molecule has 0 aromatic carbocycles. The summed E-state index contributed by atoms with van der Waals surface area (Å²) in [7, 11) is 2.14. The fraction of sp³-hybridized carbons (Fsp3) is 0.400. The molecule has 0 spiro atoms. The summed E-state index contributed by atoms with van der Waals surface area (Å²) in [6.45, 7) is 3.80. The van der Waals surface area contributed by atoms with Crippen molar-refractivity contribution in [2.75, 3.05) is 26.7 Å². The highest BCUT2D eigenvalue weighted by Gasteiger charge is 2.00. The summed E-state index contributed by atoms with van der Waals surface area (Å²) in [5.74, 6) is 0.983. The number of likely N-dealkylation sites (N-methyl/N-ethyl adjacent to an activating group) is 1. The Morgan fingerprint density at radius 3 is 2.89 bits per heavy atom. The molecule has 102 valence electrons. The number of aromatic nitrogens is 1. The van der Waals surface area contributed by atoms with Crippen molar-refractivity contribution in [2.24, 2.45) is 0 Å². The summed E-state index contributed by atoms with van der Waals surface area (Å²) in [4.78, 5) is 6.64. The number of nitrogens with zero attached hydrogens (tertiary/aromatic N) is 2. The lowest BCUT2D eigenvalue weighted by atomic mass is 10.2. The molecule has 0 unspecified atom stereocenters. The van der Waals surface area contributed by atoms with Gasteiger partial charge in [0.05, 0.1) is 12.8 Å². The predicted molar refractivity (Wildman–Crippen MR) is 75.9 cm³/mol. The van der Waals surface area contributed by atoms with Crippen LogP contribution in [0.4, 0.5) is 0 Å². The molecule has 0 saturated carbocycles. The maximum Gasteiger partial charge on any atom is 0.117 e. The van der Waals surface area contributed by atoms with Crippen molar-refractivity contribution >= 4 is 0 Å². The van der Waals surface area contributed by atoms with Gasteiger partial charge in [0.15, 0.2) is 0 Å². The number of pyridine rings is 1. The van der Waals surface area contributed by atoms with Crippen LogP contribution in [0.15, 0.2) is 47.2 Å². The van der Waals surface area contributed by atoms with Gasteiger partial charge < -0.3 is 14.6 Å². The summed E-state index contributed by atoms with van der Waals surface area (Å²) in [6, 6.07) is 9.95. The van der Waals surface area contributed by atoms with Crippen LogP contribution >= 0.6 is 0 Å². The molecule has 0 radical (unpaired) electrons. The third-order valence-corrected chi connectivity index (χ3v) is 3.03. The largest absolute Gasteiger partial charge is 0.468 e. The molecular weight excluding hydrogens is 238 g/mol. The second kappa shape index (κ2) is 7.71. The van der Waals surface area contributed by atoms with E-state index in [2.05, 4.69) is 28.3 Å². The van der Waals surface area contributed by atoms with Crippen LogP contribution in [0, 0.1) is 0 Å². The summed E-state index contributed by atoms with van der Waals surface area (Å²) >= 11 is 0. The zero-order chi connectivity index (χ0) is 13.3. The van der Waals surface area contributed by atoms with E-state index in [0.29, 0.717) is 0 Å². The van der Waals surface area contributed by atoms with E-state index in [4.69, 9.17) is 4.42 Å². The van der Waals surface area contributed by atoms with E-state index in [1.54, 1.807) is 6.26 Å². The highest BCUT2D eigenvalue weighted by Crippen LogP contribution is 1.98. The number of rotatable bonds is 8. The molecule has 0 amide bonds. The van der Waals surface area contributed by atoms with Crippen LogP contribution in [-0.2, 0) is 13.0 Å². The van der Waals surface area contributed by atoms with Gasteiger partial charge in [-0.05, 0) is 31.3 Å². The van der Waals surface area contributed by atoms with Crippen molar-refractivity contribution in [3.63, 3.8) is 0 Å². The molecule has 4 nitrogen and oxygen atoms in total. The Morgan fingerprint density at radius 1 is 1.21 bits per heavy atom. The zero-order valence-corrected chi connectivity index (χ0v) is 11.4. The SMILES string of the molecule is CN(CCNCc1ccco1)CCc1ccccn1. The smallest absolute Gasteiger partial charge is 0.117 e. The van der Waals surface area contributed by atoms with E-state index in [-0.39, 0.29) is 0 Å². The Labute approximate surface area is 114 Å². The minimum Gasteiger partial charge on any atom is -0.468 e. The monoisotopic (exact) mass is 259 g/mol. The summed E-state index contributed by atoms with van der Waals surface area (Å²) in [5, 5.41) is 3.37. The van der Waals surface area contributed by atoms with Crippen molar-refractivity contribution in [1.29, 1.82) is 0 Å². The molecule has 2 rings (SSSR count). The normalized spacial score (nSPS) is 11.1. The number of hydrogen-bond acceptors (Lipinski definition) is 4. The van der Waals surface area contributed by atoms with Gasteiger partial charge in [0.25, 0.3) is 0 Å². The molecular formula is C15H21N3O. The predicted octanol–water partition coefficient (Wildman–Crippen LogP) is 1.94. The van der Waals surface area contributed by atoms with Crippen LogP contribution in [0.25, 0.3) is 0 Å². The second-order valence-corrected chi connectivity index (χ2v) is 4.63. The van der Waals surface area contributed by atoms with Gasteiger partial charge in [0.2, 0.25) is 0 Å². The van der Waals surface area contributed by atoms with Crippen molar-refractivity contribution in [3.8, 4) is 0 Å². The van der Waals surface area contributed by atoms with Crippen molar-refractivity contribution in [1.82, 2.24) is 15.2 Å². The Morgan fingerprint density at radius 2 is 2.16 bits per heavy atom. The molecule has 0 aliphatic carbocycles. The van der Waals surface area contributed by atoms with Gasteiger partial charge in [0.1, 0.15) is 5.76 Å². The van der Waals surface area contributed by atoms with E-state index in [9.17, 15) is 0 Å². The highest BCUT2D eigenvalue weighted by molar-refractivity contribution is 5.03. The minimum atomic E-state index is 0.793. The topological polar surface area (TPSA) is 41.3 Å². The molecule has 2 aromatic heterocycles. The second-order valence-electron chi connectivity index (χ2n) is 4.63. The van der Waals surface area contributed by atoms with Gasteiger partial charge in [-0.1, -0.05) is 6.07 Å². The molecule has 4 heteroatoms. The molecule has 2 heterocycles. The van der Waals surface area contributed by atoms with Gasteiger partial charge in [-0.2, -0.15) is 0 Å². The molecule has 0 aliphatic rings. The Kier molecular flexibility index (Phi) is 5.59. The lowest BCUT2D eigenvalue weighted by Crippen LogP contribution is -2.30. The average molecular weight is 259 g/mol. The maximum atomic E-state index is 5.26. The number of nitrogens with one attached hydrogen (secondary N) is 1. The standard InChI is InChI=1S/C15H21N3O/c1-18(10-7-14-5-2-3-8-17-14)11-9-16-13-15-6-4-12-19-15/h2-6,8,12,16H,7,9-11,13H2,1H3. The Hall–Kier alpha value is -1.65. The van der Waals surface area contributed by atoms with E-state index in [0.717, 1.165) is 44.1 Å². The van der Waals surface area contributed by atoms with Gasteiger partial charge >= 0.3 is 0 Å². The maximum absolute atomic E-state index is 5.26. The van der Waals surface area contributed by atoms with Crippen LogP contribution in [0.1, 0.15) is 11.5 Å². The van der Waals surface area contributed by atoms with Crippen LogP contribution < -0.4 is 5.32 Å². The first-order valence-electron chi connectivity index (χ1n) is 6.66. The zero-order valence-electron chi connectivity index (χ0n) is 11.4. The molecule has 0 bridgehead atoms. The summed E-state index contributed by atoms with van der Waals surface area (Å²) in [6.07, 6.45) is 4.55. The third kappa shape index (κ3) is 5.24. The van der Waals surface area contributed by atoms with E-state index in [1.165, 1.54) is 0 Å². The fourth-order valence-corrected chi connectivity index (χ4v) is 1.86.